The lowest BCUT2D eigenvalue weighted by molar-refractivity contribution is 0.281. The largest absolute Gasteiger partial charge is 0.392 e. The number of hydrogen-bond acceptors (Lipinski definition) is 4. The van der Waals surface area contributed by atoms with E-state index in [-0.39, 0.29) is 6.61 Å². The molecule has 2 aromatic heterocycles. The third-order valence-electron chi connectivity index (χ3n) is 2.63. The smallest absolute Gasteiger partial charge is 0.151 e. The van der Waals surface area contributed by atoms with Crippen LogP contribution < -0.4 is 0 Å². The molecule has 2 rings (SSSR count). The summed E-state index contributed by atoms with van der Waals surface area (Å²) in [6.07, 6.45) is 4.96. The molecule has 0 bridgehead atoms. The maximum Gasteiger partial charge on any atom is 0.151 e. The summed E-state index contributed by atoms with van der Waals surface area (Å²) in [4.78, 5) is 8.45. The van der Waals surface area contributed by atoms with Crippen LogP contribution in [-0.4, -0.2) is 24.9 Å². The third kappa shape index (κ3) is 2.19. The van der Waals surface area contributed by atoms with Gasteiger partial charge >= 0.3 is 0 Å². The molecule has 0 saturated carbocycles. The van der Waals surface area contributed by atoms with Gasteiger partial charge in [0.1, 0.15) is 5.82 Å². The molecule has 90 valence electrons. The van der Waals surface area contributed by atoms with E-state index in [4.69, 9.17) is 0 Å². The lowest BCUT2D eigenvalue weighted by Gasteiger charge is -2.08. The fraction of sp³-hybridized carbons (Fsp3) is 0.417. The average Bonchev–Trinajstić information content (AvgIpc) is 2.81. The van der Waals surface area contributed by atoms with Gasteiger partial charge in [-0.3, -0.25) is 4.98 Å². The summed E-state index contributed by atoms with van der Waals surface area (Å²) in [5, 5.41) is 13.8. The van der Waals surface area contributed by atoms with Gasteiger partial charge in [0.15, 0.2) is 5.82 Å². The standard InChI is InChI=1S/C12H16N4O/c1-3-11-14-12(4-2)16(15-11)10-5-6-13-7-9(10)8-17/h5-7,17H,3-4,8H2,1-2H3. The van der Waals surface area contributed by atoms with E-state index in [1.54, 1.807) is 17.1 Å². The van der Waals surface area contributed by atoms with Crippen molar-refractivity contribution >= 4 is 0 Å². The summed E-state index contributed by atoms with van der Waals surface area (Å²) in [6, 6.07) is 1.85. The van der Waals surface area contributed by atoms with Gasteiger partial charge in [0.25, 0.3) is 0 Å². The fourth-order valence-electron chi connectivity index (χ4n) is 1.71. The van der Waals surface area contributed by atoms with E-state index in [1.165, 1.54) is 0 Å². The number of aromatic nitrogens is 4. The normalized spacial score (nSPS) is 10.8. The van der Waals surface area contributed by atoms with Crippen molar-refractivity contribution in [3.8, 4) is 5.69 Å². The Morgan fingerprint density at radius 3 is 2.76 bits per heavy atom. The Hall–Kier alpha value is -1.75. The van der Waals surface area contributed by atoms with Crippen molar-refractivity contribution in [3.05, 3.63) is 35.7 Å². The van der Waals surface area contributed by atoms with Crippen LogP contribution in [0.5, 0.6) is 0 Å². The minimum Gasteiger partial charge on any atom is -0.392 e. The van der Waals surface area contributed by atoms with Crippen LogP contribution in [0.15, 0.2) is 18.5 Å². The Labute approximate surface area is 100 Å². The van der Waals surface area contributed by atoms with Crippen LogP contribution in [0.4, 0.5) is 0 Å². The van der Waals surface area contributed by atoms with Crippen LogP contribution in [0, 0.1) is 0 Å². The molecule has 0 aliphatic carbocycles. The second-order valence-corrected chi connectivity index (χ2v) is 3.73. The van der Waals surface area contributed by atoms with Gasteiger partial charge in [0.05, 0.1) is 12.3 Å². The van der Waals surface area contributed by atoms with E-state index in [0.717, 1.165) is 35.7 Å². The van der Waals surface area contributed by atoms with Crippen molar-refractivity contribution in [2.75, 3.05) is 0 Å². The zero-order chi connectivity index (χ0) is 12.3. The molecule has 0 atom stereocenters. The average molecular weight is 232 g/mol. The number of pyridine rings is 1. The molecule has 0 saturated heterocycles. The number of aryl methyl sites for hydroxylation is 2. The van der Waals surface area contributed by atoms with Gasteiger partial charge in [0, 0.05) is 30.8 Å². The van der Waals surface area contributed by atoms with Gasteiger partial charge in [-0.1, -0.05) is 13.8 Å². The quantitative estimate of drug-likeness (QED) is 0.862. The minimum absolute atomic E-state index is 0.0480. The van der Waals surface area contributed by atoms with E-state index in [0.29, 0.717) is 0 Å². The highest BCUT2D eigenvalue weighted by Crippen LogP contribution is 2.15. The fourth-order valence-corrected chi connectivity index (χ4v) is 1.71. The Balaban J connectivity index is 2.54. The van der Waals surface area contributed by atoms with Gasteiger partial charge in [0.2, 0.25) is 0 Å². The van der Waals surface area contributed by atoms with Crippen molar-refractivity contribution in [3.63, 3.8) is 0 Å². The topological polar surface area (TPSA) is 63.8 Å². The summed E-state index contributed by atoms with van der Waals surface area (Å²) in [6.45, 7) is 4.02. The lowest BCUT2D eigenvalue weighted by atomic mass is 10.2. The molecule has 0 radical (unpaired) electrons. The molecule has 0 spiro atoms. The van der Waals surface area contributed by atoms with Gasteiger partial charge in [-0.15, -0.1) is 0 Å². The molecule has 0 aromatic carbocycles. The number of aliphatic hydroxyl groups is 1. The van der Waals surface area contributed by atoms with E-state index in [2.05, 4.69) is 15.1 Å². The van der Waals surface area contributed by atoms with Crippen molar-refractivity contribution in [2.45, 2.75) is 33.3 Å². The third-order valence-corrected chi connectivity index (χ3v) is 2.63. The van der Waals surface area contributed by atoms with Crippen molar-refractivity contribution < 1.29 is 5.11 Å². The van der Waals surface area contributed by atoms with Crippen molar-refractivity contribution in [2.24, 2.45) is 0 Å². The van der Waals surface area contributed by atoms with Gasteiger partial charge in [-0.05, 0) is 6.07 Å². The van der Waals surface area contributed by atoms with Crippen LogP contribution in [0.2, 0.25) is 0 Å². The van der Waals surface area contributed by atoms with Gasteiger partial charge < -0.3 is 5.11 Å². The minimum atomic E-state index is -0.0480. The summed E-state index contributed by atoms with van der Waals surface area (Å²) < 4.78 is 1.80. The zero-order valence-corrected chi connectivity index (χ0v) is 10.1. The molecule has 2 heterocycles. The molecule has 0 aliphatic rings. The summed E-state index contributed by atoms with van der Waals surface area (Å²) in [5.41, 5.74) is 1.61. The van der Waals surface area contributed by atoms with E-state index < -0.39 is 0 Å². The molecular weight excluding hydrogens is 216 g/mol. The van der Waals surface area contributed by atoms with Crippen LogP contribution in [0.1, 0.15) is 31.1 Å². The van der Waals surface area contributed by atoms with Crippen LogP contribution in [-0.2, 0) is 19.4 Å². The van der Waals surface area contributed by atoms with E-state index in [9.17, 15) is 5.11 Å². The number of hydrogen-bond donors (Lipinski definition) is 1. The maximum atomic E-state index is 9.31. The first-order chi connectivity index (χ1) is 8.30. The Kier molecular flexibility index (Phi) is 3.49. The molecule has 17 heavy (non-hydrogen) atoms. The van der Waals surface area contributed by atoms with Gasteiger partial charge in [-0.25, -0.2) is 9.67 Å². The predicted octanol–water partition coefficient (Wildman–Crippen LogP) is 1.28. The van der Waals surface area contributed by atoms with E-state index in [1.807, 2.05) is 19.9 Å². The SMILES string of the molecule is CCc1nc(CC)n(-c2ccncc2CO)n1. The summed E-state index contributed by atoms with van der Waals surface area (Å²) in [5.74, 6) is 1.73. The first-order valence-corrected chi connectivity index (χ1v) is 5.79. The van der Waals surface area contributed by atoms with Crippen LogP contribution in [0.25, 0.3) is 5.69 Å². The Bertz CT molecular complexity index is 507. The highest BCUT2D eigenvalue weighted by Gasteiger charge is 2.11. The molecule has 0 fully saturated rings. The Morgan fingerprint density at radius 1 is 1.29 bits per heavy atom. The van der Waals surface area contributed by atoms with Crippen molar-refractivity contribution in [1.29, 1.82) is 0 Å². The van der Waals surface area contributed by atoms with E-state index >= 15 is 0 Å². The molecule has 2 aromatic rings. The molecule has 1 N–H and O–H groups in total. The number of rotatable bonds is 4. The molecule has 5 heteroatoms. The molecular formula is C12H16N4O. The molecule has 0 amide bonds. The first-order valence-electron chi connectivity index (χ1n) is 5.79. The monoisotopic (exact) mass is 232 g/mol. The zero-order valence-electron chi connectivity index (χ0n) is 10.1. The lowest BCUT2D eigenvalue weighted by Crippen LogP contribution is -2.06. The highest BCUT2D eigenvalue weighted by molar-refractivity contribution is 5.38. The predicted molar refractivity (Wildman–Crippen MR) is 63.8 cm³/mol. The molecule has 0 unspecified atom stereocenters. The maximum absolute atomic E-state index is 9.31. The van der Waals surface area contributed by atoms with Crippen LogP contribution >= 0.6 is 0 Å². The number of nitrogens with zero attached hydrogens (tertiary/aromatic N) is 4. The van der Waals surface area contributed by atoms with Crippen LogP contribution in [0.3, 0.4) is 0 Å². The Morgan fingerprint density at radius 2 is 2.12 bits per heavy atom. The highest BCUT2D eigenvalue weighted by atomic mass is 16.3. The summed E-state index contributed by atoms with van der Waals surface area (Å²) >= 11 is 0. The molecule has 0 aliphatic heterocycles. The van der Waals surface area contributed by atoms with Gasteiger partial charge in [-0.2, -0.15) is 5.10 Å². The second-order valence-electron chi connectivity index (χ2n) is 3.73. The number of aliphatic hydroxyl groups excluding tert-OH is 1. The first kappa shape index (κ1) is 11.7. The summed E-state index contributed by atoms with van der Waals surface area (Å²) in [7, 11) is 0. The molecule has 5 nitrogen and oxygen atoms in total. The van der Waals surface area contributed by atoms with Crippen molar-refractivity contribution in [1.82, 2.24) is 19.7 Å². The second kappa shape index (κ2) is 5.05.